The predicted molar refractivity (Wildman–Crippen MR) is 85.6 cm³/mol. The van der Waals surface area contributed by atoms with Crippen LogP contribution in [0.4, 0.5) is 4.39 Å². The smallest absolute Gasteiger partial charge is 0.123 e. The van der Waals surface area contributed by atoms with E-state index in [9.17, 15) is 4.39 Å². The molecule has 1 atom stereocenters. The molecule has 0 aliphatic heterocycles. The Kier molecular flexibility index (Phi) is 4.76. The Hall–Kier alpha value is -1.71. The Morgan fingerprint density at radius 1 is 1.00 bits per heavy atom. The molecule has 0 aromatic heterocycles. The highest BCUT2D eigenvalue weighted by molar-refractivity contribution is 5.41. The average Bonchev–Trinajstić information content (AvgIpc) is 2.40. The van der Waals surface area contributed by atoms with E-state index in [1.54, 1.807) is 6.07 Å². The van der Waals surface area contributed by atoms with Gasteiger partial charge in [0.05, 0.1) is 6.04 Å². The molecule has 3 heteroatoms. The summed E-state index contributed by atoms with van der Waals surface area (Å²) in [5.74, 6) is 5.57. The van der Waals surface area contributed by atoms with Gasteiger partial charge in [-0.3, -0.25) is 11.3 Å². The van der Waals surface area contributed by atoms with Gasteiger partial charge < -0.3 is 0 Å². The second-order valence-electron chi connectivity index (χ2n) is 5.81. The molecular weight excluding hydrogens is 263 g/mol. The summed E-state index contributed by atoms with van der Waals surface area (Å²) in [6, 6.07) is 9.19. The van der Waals surface area contributed by atoms with Crippen molar-refractivity contribution in [2.75, 3.05) is 0 Å². The number of rotatable bonds is 4. The average molecular weight is 286 g/mol. The Balaban J connectivity index is 2.39. The molecule has 0 radical (unpaired) electrons. The van der Waals surface area contributed by atoms with Gasteiger partial charge >= 0.3 is 0 Å². The third-order valence-corrected chi connectivity index (χ3v) is 4.02. The van der Waals surface area contributed by atoms with Gasteiger partial charge in [-0.15, -0.1) is 0 Å². The van der Waals surface area contributed by atoms with E-state index in [2.05, 4.69) is 38.3 Å². The number of hydrogen-bond donors (Lipinski definition) is 2. The molecule has 0 fully saturated rings. The summed E-state index contributed by atoms with van der Waals surface area (Å²) in [6.07, 6.45) is 0.671. The number of nitrogens with one attached hydrogen (secondary N) is 1. The van der Waals surface area contributed by atoms with Crippen molar-refractivity contribution in [3.8, 4) is 0 Å². The van der Waals surface area contributed by atoms with Gasteiger partial charge in [0.1, 0.15) is 5.82 Å². The zero-order chi connectivity index (χ0) is 15.6. The van der Waals surface area contributed by atoms with Gasteiger partial charge in [0.2, 0.25) is 0 Å². The van der Waals surface area contributed by atoms with Crippen LogP contribution < -0.4 is 11.3 Å². The van der Waals surface area contributed by atoms with E-state index < -0.39 is 0 Å². The molecule has 0 saturated carbocycles. The fourth-order valence-corrected chi connectivity index (χ4v) is 3.07. The van der Waals surface area contributed by atoms with E-state index in [0.717, 1.165) is 11.1 Å². The Morgan fingerprint density at radius 2 is 1.62 bits per heavy atom. The summed E-state index contributed by atoms with van der Waals surface area (Å²) in [5.41, 5.74) is 9.83. The van der Waals surface area contributed by atoms with Crippen LogP contribution in [0.2, 0.25) is 0 Å². The van der Waals surface area contributed by atoms with Crippen LogP contribution in [0.25, 0.3) is 0 Å². The lowest BCUT2D eigenvalue weighted by molar-refractivity contribution is 0.542. The maximum Gasteiger partial charge on any atom is 0.123 e. The molecule has 2 aromatic carbocycles. The first kappa shape index (κ1) is 15.7. The summed E-state index contributed by atoms with van der Waals surface area (Å²) >= 11 is 0. The molecule has 112 valence electrons. The molecule has 2 aromatic rings. The lowest BCUT2D eigenvalue weighted by Crippen LogP contribution is -2.31. The number of nitrogens with two attached hydrogens (primary N) is 1. The summed E-state index contributed by atoms with van der Waals surface area (Å²) in [7, 11) is 0. The quantitative estimate of drug-likeness (QED) is 0.662. The van der Waals surface area contributed by atoms with Gasteiger partial charge in [0.15, 0.2) is 0 Å². The van der Waals surface area contributed by atoms with E-state index in [1.807, 2.05) is 13.0 Å². The minimum Gasteiger partial charge on any atom is -0.271 e. The number of hydrogen-bond acceptors (Lipinski definition) is 2. The molecule has 0 aliphatic rings. The number of aryl methyl sites for hydroxylation is 4. The van der Waals surface area contributed by atoms with Crippen LogP contribution in [-0.2, 0) is 6.42 Å². The minimum atomic E-state index is -0.205. The molecule has 0 aliphatic carbocycles. The van der Waals surface area contributed by atoms with Crippen molar-refractivity contribution in [1.29, 1.82) is 0 Å². The third kappa shape index (κ3) is 3.49. The highest BCUT2D eigenvalue weighted by atomic mass is 19.1. The lowest BCUT2D eigenvalue weighted by atomic mass is 9.89. The van der Waals surface area contributed by atoms with Crippen molar-refractivity contribution in [1.82, 2.24) is 5.43 Å². The van der Waals surface area contributed by atoms with Gasteiger partial charge in [-0.1, -0.05) is 23.8 Å². The largest absolute Gasteiger partial charge is 0.271 e. The van der Waals surface area contributed by atoms with Gasteiger partial charge in [0, 0.05) is 0 Å². The first-order valence-corrected chi connectivity index (χ1v) is 7.21. The summed E-state index contributed by atoms with van der Waals surface area (Å²) in [4.78, 5) is 0. The first-order chi connectivity index (χ1) is 9.92. The zero-order valence-corrected chi connectivity index (χ0v) is 13.1. The molecule has 2 rings (SSSR count). The maximum absolute atomic E-state index is 13.5. The summed E-state index contributed by atoms with van der Waals surface area (Å²) in [6.45, 7) is 8.28. The Morgan fingerprint density at radius 3 is 2.19 bits per heavy atom. The van der Waals surface area contributed by atoms with E-state index in [0.29, 0.717) is 6.42 Å². The van der Waals surface area contributed by atoms with Gasteiger partial charge in [-0.2, -0.15) is 0 Å². The highest BCUT2D eigenvalue weighted by Crippen LogP contribution is 2.27. The van der Waals surface area contributed by atoms with Crippen LogP contribution in [0.5, 0.6) is 0 Å². The summed E-state index contributed by atoms with van der Waals surface area (Å²) < 4.78 is 13.5. The highest BCUT2D eigenvalue weighted by Gasteiger charge is 2.17. The van der Waals surface area contributed by atoms with Gasteiger partial charge in [0.25, 0.3) is 0 Å². The standard InChI is InChI=1S/C18H23FN2/c1-11-7-13(3)18(14(4)8-11)17(21-20)10-15-9-16(19)6-5-12(15)2/h5-9,17,21H,10,20H2,1-4H3. The van der Waals surface area contributed by atoms with Gasteiger partial charge in [-0.05, 0) is 74.1 Å². The van der Waals surface area contributed by atoms with Crippen LogP contribution in [0.15, 0.2) is 30.3 Å². The topological polar surface area (TPSA) is 38.0 Å². The molecule has 0 bridgehead atoms. The lowest BCUT2D eigenvalue weighted by Gasteiger charge is -2.22. The van der Waals surface area contributed by atoms with Crippen LogP contribution in [0, 0.1) is 33.5 Å². The van der Waals surface area contributed by atoms with E-state index in [1.165, 1.54) is 28.3 Å². The SMILES string of the molecule is Cc1cc(C)c(C(Cc2cc(F)ccc2C)NN)c(C)c1. The van der Waals surface area contributed by atoms with Crippen LogP contribution in [-0.4, -0.2) is 0 Å². The van der Waals surface area contributed by atoms with Crippen molar-refractivity contribution >= 4 is 0 Å². The number of hydrazine groups is 1. The molecule has 0 saturated heterocycles. The van der Waals surface area contributed by atoms with E-state index >= 15 is 0 Å². The molecule has 3 N–H and O–H groups in total. The van der Waals surface area contributed by atoms with Gasteiger partial charge in [-0.25, -0.2) is 4.39 Å². The molecule has 0 spiro atoms. The Bertz CT molecular complexity index is 627. The molecule has 2 nitrogen and oxygen atoms in total. The number of halogens is 1. The predicted octanol–water partition coefficient (Wildman–Crippen LogP) is 3.81. The molecular formula is C18H23FN2. The summed E-state index contributed by atoms with van der Waals surface area (Å²) in [5, 5.41) is 0. The van der Waals surface area contributed by atoms with Crippen LogP contribution >= 0.6 is 0 Å². The second kappa shape index (κ2) is 6.37. The second-order valence-corrected chi connectivity index (χ2v) is 5.81. The van der Waals surface area contributed by atoms with Crippen molar-refractivity contribution < 1.29 is 4.39 Å². The van der Waals surface area contributed by atoms with Crippen molar-refractivity contribution in [2.45, 2.75) is 40.2 Å². The van der Waals surface area contributed by atoms with E-state index in [4.69, 9.17) is 5.84 Å². The number of benzene rings is 2. The Labute approximate surface area is 126 Å². The normalized spacial score (nSPS) is 12.5. The van der Waals surface area contributed by atoms with Crippen molar-refractivity contribution in [2.24, 2.45) is 5.84 Å². The molecule has 0 heterocycles. The fraction of sp³-hybridized carbons (Fsp3) is 0.333. The fourth-order valence-electron chi connectivity index (χ4n) is 3.07. The maximum atomic E-state index is 13.5. The molecule has 0 amide bonds. The zero-order valence-electron chi connectivity index (χ0n) is 13.1. The first-order valence-electron chi connectivity index (χ1n) is 7.21. The minimum absolute atomic E-state index is 0.0221. The monoisotopic (exact) mass is 286 g/mol. The van der Waals surface area contributed by atoms with Crippen LogP contribution in [0.1, 0.15) is 39.4 Å². The molecule has 1 unspecified atom stereocenters. The van der Waals surface area contributed by atoms with Crippen molar-refractivity contribution in [3.05, 3.63) is 69.5 Å². The van der Waals surface area contributed by atoms with Crippen LogP contribution in [0.3, 0.4) is 0 Å². The van der Waals surface area contributed by atoms with E-state index in [-0.39, 0.29) is 11.9 Å². The molecule has 21 heavy (non-hydrogen) atoms. The van der Waals surface area contributed by atoms with Crippen molar-refractivity contribution in [3.63, 3.8) is 0 Å². The third-order valence-electron chi connectivity index (χ3n) is 4.02.